The maximum Gasteiger partial charge on any atom is 0.252 e. The smallest absolute Gasteiger partial charge is 0.252 e. The highest BCUT2D eigenvalue weighted by Crippen LogP contribution is 2.16. The molecular weight excluding hydrogens is 234 g/mol. The zero-order valence-electron chi connectivity index (χ0n) is 7.17. The second-order valence-corrected chi connectivity index (χ2v) is 3.36. The summed E-state index contributed by atoms with van der Waals surface area (Å²) in [5.74, 6) is 0.0444. The van der Waals surface area contributed by atoms with Crippen molar-refractivity contribution < 1.29 is 4.79 Å². The van der Waals surface area contributed by atoms with Crippen molar-refractivity contribution in [2.24, 2.45) is 5.73 Å². The summed E-state index contributed by atoms with van der Waals surface area (Å²) in [6.45, 7) is 2.63. The summed E-state index contributed by atoms with van der Waals surface area (Å²) < 4.78 is 0.739. The Kier molecular flexibility index (Phi) is 3.25. The highest BCUT2D eigenvalue weighted by Gasteiger charge is 2.08. The molecule has 0 aromatic carbocycles. The minimum Gasteiger partial charge on any atom is -0.370 e. The van der Waals surface area contributed by atoms with Crippen LogP contribution in [0.4, 0.5) is 5.82 Å². The van der Waals surface area contributed by atoms with Crippen LogP contribution in [0.25, 0.3) is 0 Å². The lowest BCUT2D eigenvalue weighted by Crippen LogP contribution is -2.15. The van der Waals surface area contributed by atoms with Crippen LogP contribution in [0.3, 0.4) is 0 Å². The summed E-state index contributed by atoms with van der Waals surface area (Å²) in [6.07, 6.45) is 1.62. The number of pyridine rings is 1. The molecule has 1 rings (SSSR count). The SMILES string of the molecule is CCNc1ncc(Br)cc1C(N)=O. The van der Waals surface area contributed by atoms with E-state index in [4.69, 9.17) is 5.73 Å². The second kappa shape index (κ2) is 4.23. The van der Waals surface area contributed by atoms with Gasteiger partial charge in [-0.3, -0.25) is 4.79 Å². The first-order valence-corrected chi connectivity index (χ1v) is 4.63. The lowest BCUT2D eigenvalue weighted by molar-refractivity contribution is 0.100. The van der Waals surface area contributed by atoms with Gasteiger partial charge in [0, 0.05) is 17.2 Å². The Hall–Kier alpha value is -1.10. The van der Waals surface area contributed by atoms with Crippen molar-refractivity contribution in [2.75, 3.05) is 11.9 Å². The molecule has 3 N–H and O–H groups in total. The van der Waals surface area contributed by atoms with E-state index < -0.39 is 5.91 Å². The van der Waals surface area contributed by atoms with Gasteiger partial charge >= 0.3 is 0 Å². The van der Waals surface area contributed by atoms with Gasteiger partial charge in [0.1, 0.15) is 5.82 Å². The number of primary amides is 1. The van der Waals surface area contributed by atoms with E-state index in [9.17, 15) is 4.79 Å². The van der Waals surface area contributed by atoms with Crippen LogP contribution in [-0.2, 0) is 0 Å². The molecule has 0 radical (unpaired) electrons. The van der Waals surface area contributed by atoms with Crippen LogP contribution in [0.5, 0.6) is 0 Å². The van der Waals surface area contributed by atoms with Crippen LogP contribution < -0.4 is 11.1 Å². The van der Waals surface area contributed by atoms with Gasteiger partial charge < -0.3 is 11.1 Å². The normalized spacial score (nSPS) is 9.69. The van der Waals surface area contributed by atoms with E-state index in [1.54, 1.807) is 12.3 Å². The van der Waals surface area contributed by atoms with Gasteiger partial charge in [-0.1, -0.05) is 0 Å². The summed E-state index contributed by atoms with van der Waals surface area (Å²) in [4.78, 5) is 15.0. The van der Waals surface area contributed by atoms with E-state index in [1.165, 1.54) is 0 Å². The van der Waals surface area contributed by atoms with Crippen molar-refractivity contribution in [1.29, 1.82) is 0 Å². The van der Waals surface area contributed by atoms with Crippen LogP contribution in [0, 0.1) is 0 Å². The van der Waals surface area contributed by atoms with E-state index in [1.807, 2.05) is 6.92 Å². The molecule has 5 heteroatoms. The number of carbonyl (C=O) groups is 1. The summed E-state index contributed by atoms with van der Waals surface area (Å²) >= 11 is 3.22. The topological polar surface area (TPSA) is 68.0 Å². The first kappa shape index (κ1) is 9.98. The number of anilines is 1. The predicted octanol–water partition coefficient (Wildman–Crippen LogP) is 1.37. The number of halogens is 1. The quantitative estimate of drug-likeness (QED) is 0.843. The number of aromatic nitrogens is 1. The van der Waals surface area contributed by atoms with Gasteiger partial charge in [-0.05, 0) is 28.9 Å². The largest absolute Gasteiger partial charge is 0.370 e. The molecule has 0 aliphatic heterocycles. The van der Waals surface area contributed by atoms with Crippen LogP contribution in [-0.4, -0.2) is 17.4 Å². The first-order valence-electron chi connectivity index (χ1n) is 3.84. The summed E-state index contributed by atoms with van der Waals surface area (Å²) in [6, 6.07) is 1.65. The van der Waals surface area contributed by atoms with Crippen molar-refractivity contribution in [3.63, 3.8) is 0 Å². The Morgan fingerprint density at radius 1 is 1.77 bits per heavy atom. The Bertz CT molecular complexity index is 327. The molecular formula is C8H10BrN3O. The monoisotopic (exact) mass is 243 g/mol. The number of nitrogens with zero attached hydrogens (tertiary/aromatic N) is 1. The molecule has 0 spiro atoms. The zero-order chi connectivity index (χ0) is 9.84. The van der Waals surface area contributed by atoms with Crippen molar-refractivity contribution >= 4 is 27.7 Å². The van der Waals surface area contributed by atoms with Crippen LogP contribution in [0.1, 0.15) is 17.3 Å². The van der Waals surface area contributed by atoms with Gasteiger partial charge in [0.25, 0.3) is 5.91 Å². The fourth-order valence-corrected chi connectivity index (χ4v) is 1.27. The minimum absolute atomic E-state index is 0.399. The van der Waals surface area contributed by atoms with Crippen LogP contribution >= 0.6 is 15.9 Å². The van der Waals surface area contributed by atoms with E-state index in [0.29, 0.717) is 17.9 Å². The van der Waals surface area contributed by atoms with Gasteiger partial charge in [0.2, 0.25) is 0 Å². The number of hydrogen-bond donors (Lipinski definition) is 2. The minimum atomic E-state index is -0.482. The highest BCUT2D eigenvalue weighted by atomic mass is 79.9. The van der Waals surface area contributed by atoms with E-state index >= 15 is 0 Å². The number of nitrogens with two attached hydrogens (primary N) is 1. The number of carbonyl (C=O) groups excluding carboxylic acids is 1. The lowest BCUT2D eigenvalue weighted by Gasteiger charge is -2.06. The molecule has 0 saturated carbocycles. The zero-order valence-corrected chi connectivity index (χ0v) is 8.76. The Balaban J connectivity index is 3.10. The Morgan fingerprint density at radius 2 is 2.46 bits per heavy atom. The maximum absolute atomic E-state index is 11.0. The van der Waals surface area contributed by atoms with E-state index in [-0.39, 0.29) is 0 Å². The molecule has 0 atom stereocenters. The van der Waals surface area contributed by atoms with Gasteiger partial charge in [-0.2, -0.15) is 0 Å². The molecule has 0 aliphatic rings. The van der Waals surface area contributed by atoms with Gasteiger partial charge in [-0.15, -0.1) is 0 Å². The van der Waals surface area contributed by atoms with E-state index in [2.05, 4.69) is 26.2 Å². The number of rotatable bonds is 3. The molecule has 0 aliphatic carbocycles. The molecule has 0 fully saturated rings. The molecule has 0 bridgehead atoms. The summed E-state index contributed by atoms with van der Waals surface area (Å²) in [5.41, 5.74) is 5.57. The molecule has 1 heterocycles. The summed E-state index contributed by atoms with van der Waals surface area (Å²) in [7, 11) is 0. The van der Waals surface area contributed by atoms with E-state index in [0.717, 1.165) is 4.47 Å². The molecule has 1 aromatic heterocycles. The molecule has 1 aromatic rings. The molecule has 1 amide bonds. The summed E-state index contributed by atoms with van der Waals surface area (Å²) in [5, 5.41) is 2.95. The fraction of sp³-hybridized carbons (Fsp3) is 0.250. The molecule has 70 valence electrons. The van der Waals surface area contributed by atoms with Crippen LogP contribution in [0.2, 0.25) is 0 Å². The highest BCUT2D eigenvalue weighted by molar-refractivity contribution is 9.10. The van der Waals surface area contributed by atoms with Crippen molar-refractivity contribution in [3.8, 4) is 0 Å². The third kappa shape index (κ3) is 2.42. The van der Waals surface area contributed by atoms with Crippen molar-refractivity contribution in [2.45, 2.75) is 6.92 Å². The third-order valence-corrected chi connectivity index (χ3v) is 1.90. The second-order valence-electron chi connectivity index (χ2n) is 2.44. The van der Waals surface area contributed by atoms with Gasteiger partial charge in [0.05, 0.1) is 5.56 Å². The first-order chi connectivity index (χ1) is 6.15. The van der Waals surface area contributed by atoms with Crippen molar-refractivity contribution in [1.82, 2.24) is 4.98 Å². The van der Waals surface area contributed by atoms with Gasteiger partial charge in [0.15, 0.2) is 0 Å². The molecule has 0 unspecified atom stereocenters. The average molecular weight is 244 g/mol. The molecule has 13 heavy (non-hydrogen) atoms. The standard InChI is InChI=1S/C8H10BrN3O/c1-2-11-8-6(7(10)13)3-5(9)4-12-8/h3-4H,2H2,1H3,(H2,10,13)(H,11,12). The van der Waals surface area contributed by atoms with Crippen molar-refractivity contribution in [3.05, 3.63) is 22.3 Å². The number of nitrogens with one attached hydrogen (secondary N) is 1. The fourth-order valence-electron chi connectivity index (χ4n) is 0.935. The third-order valence-electron chi connectivity index (χ3n) is 1.46. The van der Waals surface area contributed by atoms with Crippen LogP contribution in [0.15, 0.2) is 16.7 Å². The number of amides is 1. The Labute approximate surface area is 84.7 Å². The lowest BCUT2D eigenvalue weighted by atomic mass is 10.2. The maximum atomic E-state index is 11.0. The Morgan fingerprint density at radius 3 is 3.00 bits per heavy atom. The molecule has 4 nitrogen and oxygen atoms in total. The molecule has 0 saturated heterocycles. The number of hydrogen-bond acceptors (Lipinski definition) is 3. The average Bonchev–Trinajstić information content (AvgIpc) is 2.08. The van der Waals surface area contributed by atoms with Gasteiger partial charge in [-0.25, -0.2) is 4.98 Å². The predicted molar refractivity (Wildman–Crippen MR) is 54.6 cm³/mol.